The van der Waals surface area contributed by atoms with Crippen LogP contribution in [0.15, 0.2) is 10.5 Å². The van der Waals surface area contributed by atoms with Crippen molar-refractivity contribution in [3.8, 4) is 0 Å². The molecule has 1 aromatic heterocycles. The number of ether oxygens (including phenoxy) is 1. The Labute approximate surface area is 116 Å². The van der Waals surface area contributed by atoms with E-state index in [0.29, 0.717) is 17.1 Å². The highest BCUT2D eigenvalue weighted by Crippen LogP contribution is 2.20. The van der Waals surface area contributed by atoms with Crippen LogP contribution in [0.2, 0.25) is 0 Å². The van der Waals surface area contributed by atoms with E-state index in [2.05, 4.69) is 0 Å². The number of aromatic carboxylic acids is 1. The van der Waals surface area contributed by atoms with Crippen LogP contribution in [0, 0.1) is 6.92 Å². The maximum absolute atomic E-state index is 11.5. The Kier molecular flexibility index (Phi) is 5.05. The minimum Gasteiger partial charge on any atom is -0.475 e. The minimum absolute atomic E-state index is 0.0483. The average Bonchev–Trinajstić information content (AvgIpc) is 2.57. The lowest BCUT2D eigenvalue weighted by Gasteiger charge is -2.19. The number of carbonyl (C=O) groups excluding carboxylic acids is 1. The molecule has 0 atom stereocenters. The van der Waals surface area contributed by atoms with Crippen LogP contribution in [0.5, 0.6) is 0 Å². The number of rotatable bonds is 5. The molecule has 6 heteroatoms. The zero-order valence-corrected chi connectivity index (χ0v) is 12.3. The van der Waals surface area contributed by atoms with E-state index in [-0.39, 0.29) is 17.5 Å². The first-order valence-electron chi connectivity index (χ1n) is 5.81. The van der Waals surface area contributed by atoms with Crippen molar-refractivity contribution in [3.05, 3.63) is 23.2 Å². The van der Waals surface area contributed by atoms with E-state index in [4.69, 9.17) is 14.3 Å². The first kappa shape index (κ1) is 15.6. The molecule has 1 aromatic rings. The standard InChI is InChI=1S/C13H18O5S/c1-8-5-9(17-11(8)12(15)16)6-19-7-10(14)18-13(2,3)4/h5H,6-7H2,1-4H3,(H,15,16). The van der Waals surface area contributed by atoms with Crippen molar-refractivity contribution in [2.45, 2.75) is 39.0 Å². The molecule has 0 spiro atoms. The smallest absolute Gasteiger partial charge is 0.372 e. The molecule has 0 aromatic carbocycles. The Morgan fingerprint density at radius 1 is 1.42 bits per heavy atom. The van der Waals surface area contributed by atoms with Gasteiger partial charge in [-0.15, -0.1) is 11.8 Å². The molecular weight excluding hydrogens is 268 g/mol. The normalized spacial score (nSPS) is 11.4. The van der Waals surface area contributed by atoms with Gasteiger partial charge in [-0.05, 0) is 33.8 Å². The van der Waals surface area contributed by atoms with Crippen LogP contribution < -0.4 is 0 Å². The third-order valence-electron chi connectivity index (χ3n) is 2.05. The fourth-order valence-corrected chi connectivity index (χ4v) is 2.11. The summed E-state index contributed by atoms with van der Waals surface area (Å²) in [6.07, 6.45) is 0. The van der Waals surface area contributed by atoms with Crippen molar-refractivity contribution in [3.63, 3.8) is 0 Å². The maximum atomic E-state index is 11.5. The lowest BCUT2D eigenvalue weighted by molar-refractivity contribution is -0.151. The molecule has 5 nitrogen and oxygen atoms in total. The van der Waals surface area contributed by atoms with Crippen molar-refractivity contribution in [2.24, 2.45) is 0 Å². The molecule has 0 amide bonds. The van der Waals surface area contributed by atoms with Gasteiger partial charge >= 0.3 is 11.9 Å². The molecule has 0 bridgehead atoms. The highest BCUT2D eigenvalue weighted by atomic mass is 32.2. The fourth-order valence-electron chi connectivity index (χ4n) is 1.44. The largest absolute Gasteiger partial charge is 0.475 e. The highest BCUT2D eigenvalue weighted by Gasteiger charge is 2.17. The van der Waals surface area contributed by atoms with Gasteiger partial charge in [0.05, 0.1) is 11.5 Å². The van der Waals surface area contributed by atoms with Crippen molar-refractivity contribution in [1.29, 1.82) is 0 Å². The molecule has 0 fully saturated rings. The van der Waals surface area contributed by atoms with Crippen LogP contribution in [0.1, 0.15) is 42.6 Å². The van der Waals surface area contributed by atoms with Gasteiger partial charge < -0.3 is 14.3 Å². The van der Waals surface area contributed by atoms with E-state index < -0.39 is 11.6 Å². The third-order valence-corrected chi connectivity index (χ3v) is 2.98. The summed E-state index contributed by atoms with van der Waals surface area (Å²) < 4.78 is 10.3. The molecule has 0 aliphatic carbocycles. The molecule has 0 radical (unpaired) electrons. The highest BCUT2D eigenvalue weighted by molar-refractivity contribution is 7.99. The van der Waals surface area contributed by atoms with E-state index in [9.17, 15) is 9.59 Å². The van der Waals surface area contributed by atoms with Gasteiger partial charge in [0.1, 0.15) is 11.4 Å². The van der Waals surface area contributed by atoms with E-state index >= 15 is 0 Å². The van der Waals surface area contributed by atoms with E-state index in [0.717, 1.165) is 0 Å². The maximum Gasteiger partial charge on any atom is 0.372 e. The van der Waals surface area contributed by atoms with Gasteiger partial charge in [-0.25, -0.2) is 4.79 Å². The molecule has 1 heterocycles. The number of furan rings is 1. The zero-order chi connectivity index (χ0) is 14.6. The summed E-state index contributed by atoms with van der Waals surface area (Å²) in [6, 6.07) is 1.67. The van der Waals surface area contributed by atoms with Crippen LogP contribution >= 0.6 is 11.8 Å². The van der Waals surface area contributed by atoms with Gasteiger partial charge in [0.25, 0.3) is 0 Å². The number of thioether (sulfide) groups is 1. The quantitative estimate of drug-likeness (QED) is 0.839. The molecule has 0 aliphatic heterocycles. The van der Waals surface area contributed by atoms with E-state index in [1.807, 2.05) is 20.8 Å². The predicted octanol–water partition coefficient (Wildman–Crippen LogP) is 2.86. The minimum atomic E-state index is -1.08. The summed E-state index contributed by atoms with van der Waals surface area (Å²) >= 11 is 1.33. The second-order valence-electron chi connectivity index (χ2n) is 5.11. The first-order valence-corrected chi connectivity index (χ1v) is 6.96. The number of carboxylic acid groups (broad SMARTS) is 1. The van der Waals surface area contributed by atoms with Gasteiger partial charge in [0.15, 0.2) is 0 Å². The Balaban J connectivity index is 2.44. The summed E-state index contributed by atoms with van der Waals surface area (Å²) in [5.74, 6) is -0.233. The van der Waals surface area contributed by atoms with Gasteiger partial charge in [0.2, 0.25) is 5.76 Å². The average molecular weight is 286 g/mol. The van der Waals surface area contributed by atoms with Crippen molar-refractivity contribution in [2.75, 3.05) is 5.75 Å². The van der Waals surface area contributed by atoms with E-state index in [1.54, 1.807) is 13.0 Å². The molecule has 1 N–H and O–H groups in total. The lowest BCUT2D eigenvalue weighted by atomic mass is 10.2. The molecule has 1 rings (SSSR count). The van der Waals surface area contributed by atoms with Gasteiger partial charge in [-0.3, -0.25) is 4.79 Å². The second-order valence-corrected chi connectivity index (χ2v) is 6.09. The molecule has 0 saturated heterocycles. The number of hydrogen-bond acceptors (Lipinski definition) is 5. The number of aryl methyl sites for hydroxylation is 1. The lowest BCUT2D eigenvalue weighted by Crippen LogP contribution is -2.24. The Morgan fingerprint density at radius 3 is 2.53 bits per heavy atom. The third kappa shape index (κ3) is 5.38. The molecule has 0 saturated carbocycles. The van der Waals surface area contributed by atoms with Crippen LogP contribution in [-0.2, 0) is 15.3 Å². The molecular formula is C13H18O5S. The Hall–Kier alpha value is -1.43. The van der Waals surface area contributed by atoms with Gasteiger partial charge in [-0.1, -0.05) is 0 Å². The summed E-state index contributed by atoms with van der Waals surface area (Å²) in [5.41, 5.74) is 0.0930. The van der Waals surface area contributed by atoms with Gasteiger partial charge in [0, 0.05) is 5.56 Å². The second kappa shape index (κ2) is 6.14. The van der Waals surface area contributed by atoms with Crippen molar-refractivity contribution in [1.82, 2.24) is 0 Å². The first-order chi connectivity index (χ1) is 8.69. The van der Waals surface area contributed by atoms with Crippen LogP contribution in [-0.4, -0.2) is 28.4 Å². The zero-order valence-electron chi connectivity index (χ0n) is 11.5. The predicted molar refractivity (Wildman–Crippen MR) is 72.4 cm³/mol. The van der Waals surface area contributed by atoms with E-state index in [1.165, 1.54) is 11.8 Å². The molecule has 0 unspecified atom stereocenters. The Morgan fingerprint density at radius 2 is 2.05 bits per heavy atom. The number of carbonyl (C=O) groups is 2. The summed E-state index contributed by atoms with van der Waals surface area (Å²) in [6.45, 7) is 7.11. The molecule has 19 heavy (non-hydrogen) atoms. The molecule has 106 valence electrons. The number of esters is 1. The summed E-state index contributed by atoms with van der Waals surface area (Å²) in [7, 11) is 0. The summed E-state index contributed by atoms with van der Waals surface area (Å²) in [4.78, 5) is 22.3. The Bertz CT molecular complexity index is 470. The van der Waals surface area contributed by atoms with Crippen LogP contribution in [0.25, 0.3) is 0 Å². The monoisotopic (exact) mass is 286 g/mol. The van der Waals surface area contributed by atoms with Crippen LogP contribution in [0.4, 0.5) is 0 Å². The number of hydrogen-bond donors (Lipinski definition) is 1. The molecule has 0 aliphatic rings. The topological polar surface area (TPSA) is 76.7 Å². The number of carboxylic acids is 1. The van der Waals surface area contributed by atoms with Crippen molar-refractivity contribution >= 4 is 23.7 Å². The summed E-state index contributed by atoms with van der Waals surface area (Å²) in [5, 5.41) is 8.85. The fraction of sp³-hybridized carbons (Fsp3) is 0.538. The van der Waals surface area contributed by atoms with Gasteiger partial charge in [-0.2, -0.15) is 0 Å². The SMILES string of the molecule is Cc1cc(CSCC(=O)OC(C)(C)C)oc1C(=O)O. The van der Waals surface area contributed by atoms with Crippen LogP contribution in [0.3, 0.4) is 0 Å². The van der Waals surface area contributed by atoms with Crippen molar-refractivity contribution < 1.29 is 23.8 Å².